The third kappa shape index (κ3) is 3.59. The van der Waals surface area contributed by atoms with E-state index in [1.54, 1.807) is 12.3 Å². The molecule has 0 spiro atoms. The van der Waals surface area contributed by atoms with E-state index in [-0.39, 0.29) is 0 Å². The zero-order valence-electron chi connectivity index (χ0n) is 11.4. The van der Waals surface area contributed by atoms with E-state index in [9.17, 15) is 4.79 Å². The Kier molecular flexibility index (Phi) is 4.24. The molecule has 1 aromatic rings. The Balaban J connectivity index is 2.12. The van der Waals surface area contributed by atoms with Gasteiger partial charge in [-0.05, 0) is 31.2 Å². The molecular weight excluding hydrogens is 240 g/mol. The summed E-state index contributed by atoms with van der Waals surface area (Å²) in [6.07, 6.45) is 7.45. The Morgan fingerprint density at radius 1 is 1.37 bits per heavy atom. The van der Waals surface area contributed by atoms with Crippen molar-refractivity contribution < 1.29 is 4.79 Å². The van der Waals surface area contributed by atoms with E-state index in [4.69, 9.17) is 11.5 Å². The summed E-state index contributed by atoms with van der Waals surface area (Å²) in [5, 5.41) is 3.35. The van der Waals surface area contributed by atoms with Crippen molar-refractivity contribution in [2.24, 2.45) is 11.7 Å². The van der Waals surface area contributed by atoms with Gasteiger partial charge in [-0.25, -0.2) is 4.98 Å². The molecule has 1 aromatic heterocycles. The quantitative estimate of drug-likeness (QED) is 0.727. The fourth-order valence-electron chi connectivity index (χ4n) is 2.61. The second kappa shape index (κ2) is 5.91. The highest BCUT2D eigenvalue weighted by Gasteiger charge is 2.18. The maximum Gasteiger partial charge on any atom is 0.252 e. The molecule has 0 radical (unpaired) electrons. The molecular formula is C14H22N4O. The fourth-order valence-corrected chi connectivity index (χ4v) is 2.61. The highest BCUT2D eigenvalue weighted by Crippen LogP contribution is 2.25. The first-order chi connectivity index (χ1) is 9.06. The molecule has 0 aliphatic heterocycles. The molecule has 0 bridgehead atoms. The van der Waals surface area contributed by atoms with E-state index in [0.29, 0.717) is 23.1 Å². The van der Waals surface area contributed by atoms with Crippen LogP contribution in [0.5, 0.6) is 0 Å². The molecule has 0 aromatic carbocycles. The van der Waals surface area contributed by atoms with E-state index in [2.05, 4.69) is 17.2 Å². The molecule has 1 fully saturated rings. The van der Waals surface area contributed by atoms with Crippen molar-refractivity contribution in [2.45, 2.75) is 45.1 Å². The summed E-state index contributed by atoms with van der Waals surface area (Å²) >= 11 is 0. The van der Waals surface area contributed by atoms with E-state index >= 15 is 0 Å². The Morgan fingerprint density at radius 2 is 2.16 bits per heavy atom. The van der Waals surface area contributed by atoms with Crippen LogP contribution in [0.25, 0.3) is 0 Å². The number of hydrogen-bond acceptors (Lipinski definition) is 4. The number of aromatic nitrogens is 1. The van der Waals surface area contributed by atoms with Crippen molar-refractivity contribution >= 4 is 17.4 Å². The van der Waals surface area contributed by atoms with E-state index < -0.39 is 5.91 Å². The zero-order valence-corrected chi connectivity index (χ0v) is 11.4. The largest absolute Gasteiger partial charge is 0.397 e. The number of carbonyl (C=O) groups excluding carboxylic acids is 1. The average molecular weight is 262 g/mol. The highest BCUT2D eigenvalue weighted by atomic mass is 16.1. The van der Waals surface area contributed by atoms with Crippen molar-refractivity contribution in [3.8, 4) is 0 Å². The van der Waals surface area contributed by atoms with Gasteiger partial charge in [0.1, 0.15) is 5.82 Å². The van der Waals surface area contributed by atoms with Crippen LogP contribution in [0, 0.1) is 5.92 Å². The van der Waals surface area contributed by atoms with Gasteiger partial charge in [-0.15, -0.1) is 0 Å². The molecule has 5 heteroatoms. The van der Waals surface area contributed by atoms with Gasteiger partial charge in [0.15, 0.2) is 0 Å². The number of pyridine rings is 1. The summed E-state index contributed by atoms with van der Waals surface area (Å²) in [5.41, 5.74) is 11.8. The minimum atomic E-state index is -0.496. The Bertz CT molecular complexity index is 461. The summed E-state index contributed by atoms with van der Waals surface area (Å²) in [6.45, 7) is 2.29. The van der Waals surface area contributed by atoms with Crippen LogP contribution in [0.2, 0.25) is 0 Å². The molecule has 1 aliphatic carbocycles. The second-order valence-electron chi connectivity index (χ2n) is 5.48. The van der Waals surface area contributed by atoms with Gasteiger partial charge < -0.3 is 16.8 Å². The summed E-state index contributed by atoms with van der Waals surface area (Å²) in [4.78, 5) is 15.6. The topological polar surface area (TPSA) is 94.0 Å². The van der Waals surface area contributed by atoms with Gasteiger partial charge in [0.05, 0.1) is 17.4 Å². The number of carbonyl (C=O) groups is 1. The molecule has 1 heterocycles. The van der Waals surface area contributed by atoms with E-state index in [1.165, 1.54) is 19.3 Å². The van der Waals surface area contributed by atoms with E-state index in [0.717, 1.165) is 18.8 Å². The molecule has 1 saturated carbocycles. The number of amides is 1. The lowest BCUT2D eigenvalue weighted by molar-refractivity contribution is 0.100. The van der Waals surface area contributed by atoms with Crippen molar-refractivity contribution in [1.29, 1.82) is 0 Å². The summed E-state index contributed by atoms with van der Waals surface area (Å²) in [6, 6.07) is 1.94. The van der Waals surface area contributed by atoms with Crippen molar-refractivity contribution in [3.63, 3.8) is 0 Å². The van der Waals surface area contributed by atoms with Gasteiger partial charge in [-0.3, -0.25) is 4.79 Å². The first kappa shape index (κ1) is 13.6. The predicted molar refractivity (Wildman–Crippen MR) is 76.8 cm³/mol. The molecule has 2 atom stereocenters. The zero-order chi connectivity index (χ0) is 13.8. The van der Waals surface area contributed by atoms with Crippen LogP contribution in [-0.4, -0.2) is 16.9 Å². The number of nitrogens with two attached hydrogens (primary N) is 2. The second-order valence-corrected chi connectivity index (χ2v) is 5.48. The van der Waals surface area contributed by atoms with Crippen LogP contribution in [0.3, 0.4) is 0 Å². The molecule has 104 valence electrons. The molecule has 1 amide bonds. The van der Waals surface area contributed by atoms with E-state index in [1.807, 2.05) is 0 Å². The number of rotatable bonds is 3. The Hall–Kier alpha value is -1.78. The molecule has 5 nitrogen and oxygen atoms in total. The smallest absolute Gasteiger partial charge is 0.252 e. The number of anilines is 2. The minimum absolute atomic E-state index is 0.360. The average Bonchev–Trinajstić information content (AvgIpc) is 2.56. The molecule has 0 saturated heterocycles. The van der Waals surface area contributed by atoms with Crippen LogP contribution < -0.4 is 16.8 Å². The Morgan fingerprint density at radius 3 is 2.89 bits per heavy atom. The number of hydrogen-bond donors (Lipinski definition) is 3. The lowest BCUT2D eigenvalue weighted by Crippen LogP contribution is -2.23. The van der Waals surface area contributed by atoms with Gasteiger partial charge >= 0.3 is 0 Å². The van der Waals surface area contributed by atoms with Crippen LogP contribution in [0.4, 0.5) is 11.5 Å². The van der Waals surface area contributed by atoms with Crippen LogP contribution in [0.15, 0.2) is 12.3 Å². The third-order valence-electron chi connectivity index (χ3n) is 3.77. The SMILES string of the molecule is CC1CCCC(Nc2ncc(N)cc2C(N)=O)CC1. The minimum Gasteiger partial charge on any atom is -0.397 e. The van der Waals surface area contributed by atoms with Gasteiger partial charge in [0.2, 0.25) is 0 Å². The summed E-state index contributed by atoms with van der Waals surface area (Å²) < 4.78 is 0. The maximum atomic E-state index is 11.4. The molecule has 2 rings (SSSR count). The lowest BCUT2D eigenvalue weighted by atomic mass is 10.0. The first-order valence-electron chi connectivity index (χ1n) is 6.88. The standard InChI is InChI=1S/C14H22N4O/c1-9-3-2-4-11(6-5-9)18-14-12(13(16)19)7-10(15)8-17-14/h7-9,11H,2-6,15H2,1H3,(H2,16,19)(H,17,18). The predicted octanol–water partition coefficient (Wildman–Crippen LogP) is 2.14. The summed E-state index contributed by atoms with van der Waals surface area (Å²) in [5.74, 6) is 0.840. The molecule has 2 unspecified atom stereocenters. The first-order valence-corrected chi connectivity index (χ1v) is 6.88. The third-order valence-corrected chi connectivity index (χ3v) is 3.77. The van der Waals surface area contributed by atoms with Crippen LogP contribution in [0.1, 0.15) is 49.4 Å². The van der Waals surface area contributed by atoms with Gasteiger partial charge in [0, 0.05) is 6.04 Å². The molecule has 1 aliphatic rings. The van der Waals surface area contributed by atoms with Crippen molar-refractivity contribution in [1.82, 2.24) is 4.98 Å². The van der Waals surface area contributed by atoms with Crippen molar-refractivity contribution in [3.05, 3.63) is 17.8 Å². The maximum absolute atomic E-state index is 11.4. The monoisotopic (exact) mass is 262 g/mol. The van der Waals surface area contributed by atoms with Gasteiger partial charge in [-0.1, -0.05) is 19.8 Å². The molecule has 19 heavy (non-hydrogen) atoms. The van der Waals surface area contributed by atoms with Gasteiger partial charge in [-0.2, -0.15) is 0 Å². The highest BCUT2D eigenvalue weighted by molar-refractivity contribution is 5.98. The summed E-state index contributed by atoms with van der Waals surface area (Å²) in [7, 11) is 0. The van der Waals surface area contributed by atoms with Gasteiger partial charge in [0.25, 0.3) is 5.91 Å². The van der Waals surface area contributed by atoms with Crippen LogP contribution >= 0.6 is 0 Å². The number of nitrogen functional groups attached to an aromatic ring is 1. The van der Waals surface area contributed by atoms with Crippen molar-refractivity contribution in [2.75, 3.05) is 11.1 Å². The molecule has 5 N–H and O–H groups in total. The normalized spacial score (nSPS) is 23.6. The number of nitrogens with one attached hydrogen (secondary N) is 1. The lowest BCUT2D eigenvalue weighted by Gasteiger charge is -2.18. The number of nitrogens with zero attached hydrogens (tertiary/aromatic N) is 1. The van der Waals surface area contributed by atoms with Crippen LogP contribution in [-0.2, 0) is 0 Å². The number of primary amides is 1. The fraction of sp³-hybridized carbons (Fsp3) is 0.571. The Labute approximate surface area is 113 Å².